The molecular weight excluding hydrogens is 262 g/mol. The van der Waals surface area contributed by atoms with Crippen LogP contribution in [0.4, 0.5) is 5.69 Å². The first kappa shape index (κ1) is 15.4. The van der Waals surface area contributed by atoms with Crippen LogP contribution < -0.4 is 5.32 Å². The zero-order valence-electron chi connectivity index (χ0n) is 12.8. The van der Waals surface area contributed by atoms with Gasteiger partial charge in [0.1, 0.15) is 5.76 Å². The average Bonchev–Trinajstić information content (AvgIpc) is 2.92. The van der Waals surface area contributed by atoms with Gasteiger partial charge in [0, 0.05) is 5.69 Å². The van der Waals surface area contributed by atoms with Gasteiger partial charge in [-0.05, 0) is 49.6 Å². The lowest BCUT2D eigenvalue weighted by atomic mass is 10.1. The molecule has 0 unspecified atom stereocenters. The molecule has 0 aliphatic carbocycles. The molecule has 3 nitrogen and oxygen atoms in total. The molecule has 0 saturated heterocycles. The van der Waals surface area contributed by atoms with Crippen molar-refractivity contribution in [1.82, 2.24) is 0 Å². The number of carbonyl (C=O) groups excluding carboxylic acids is 1. The first-order valence-electron chi connectivity index (χ1n) is 7.66. The Bertz CT molecular complexity index is 569. The first-order valence-corrected chi connectivity index (χ1v) is 7.66. The first-order chi connectivity index (χ1) is 10.2. The topological polar surface area (TPSA) is 42.2 Å². The number of carbonyl (C=O) groups is 1. The second-order valence-electron chi connectivity index (χ2n) is 5.37. The summed E-state index contributed by atoms with van der Waals surface area (Å²) in [4.78, 5) is 12.0. The van der Waals surface area contributed by atoms with Crippen molar-refractivity contribution >= 4 is 11.6 Å². The summed E-state index contributed by atoms with van der Waals surface area (Å²) < 4.78 is 5.31. The Morgan fingerprint density at radius 1 is 1.05 bits per heavy atom. The van der Waals surface area contributed by atoms with E-state index in [4.69, 9.17) is 4.42 Å². The minimum Gasteiger partial charge on any atom is -0.456 e. The van der Waals surface area contributed by atoms with E-state index in [9.17, 15) is 4.79 Å². The Balaban J connectivity index is 1.86. The highest BCUT2D eigenvalue weighted by molar-refractivity contribution is 6.02. The maximum Gasteiger partial charge on any atom is 0.291 e. The Kier molecular flexibility index (Phi) is 5.61. The zero-order valence-corrected chi connectivity index (χ0v) is 12.8. The van der Waals surface area contributed by atoms with Gasteiger partial charge in [0.25, 0.3) is 5.91 Å². The average molecular weight is 285 g/mol. The molecular formula is C18H23NO2. The summed E-state index contributed by atoms with van der Waals surface area (Å²) in [5, 5.41) is 2.84. The van der Waals surface area contributed by atoms with E-state index in [0.717, 1.165) is 17.9 Å². The monoisotopic (exact) mass is 285 g/mol. The van der Waals surface area contributed by atoms with Crippen LogP contribution in [0.1, 0.15) is 54.5 Å². The summed E-state index contributed by atoms with van der Waals surface area (Å²) in [5.74, 6) is 0.873. The Morgan fingerprint density at radius 3 is 2.43 bits per heavy atom. The smallest absolute Gasteiger partial charge is 0.291 e. The minimum atomic E-state index is -0.209. The van der Waals surface area contributed by atoms with E-state index in [2.05, 4.69) is 24.4 Å². The minimum absolute atomic E-state index is 0.209. The van der Waals surface area contributed by atoms with Crippen molar-refractivity contribution in [3.63, 3.8) is 0 Å². The highest BCUT2D eigenvalue weighted by atomic mass is 16.3. The molecule has 1 aromatic carbocycles. The molecule has 2 rings (SSSR count). The maximum absolute atomic E-state index is 12.0. The van der Waals surface area contributed by atoms with Crippen LogP contribution in [-0.2, 0) is 6.42 Å². The van der Waals surface area contributed by atoms with Crippen molar-refractivity contribution in [3.05, 3.63) is 53.5 Å². The number of anilines is 1. The van der Waals surface area contributed by atoms with Gasteiger partial charge in [-0.25, -0.2) is 0 Å². The largest absolute Gasteiger partial charge is 0.456 e. The number of benzene rings is 1. The number of aryl methyl sites for hydroxylation is 2. The van der Waals surface area contributed by atoms with E-state index in [1.165, 1.54) is 31.2 Å². The van der Waals surface area contributed by atoms with Crippen molar-refractivity contribution < 1.29 is 9.21 Å². The number of hydrogen-bond acceptors (Lipinski definition) is 2. The van der Waals surface area contributed by atoms with E-state index in [1.807, 2.05) is 19.1 Å². The van der Waals surface area contributed by atoms with Crippen LogP contribution in [0.2, 0.25) is 0 Å². The molecule has 3 heteroatoms. The molecule has 0 aliphatic rings. The fourth-order valence-electron chi connectivity index (χ4n) is 2.26. The quantitative estimate of drug-likeness (QED) is 0.730. The fraction of sp³-hybridized carbons (Fsp3) is 0.389. The molecule has 2 aromatic rings. The molecule has 0 atom stereocenters. The van der Waals surface area contributed by atoms with Gasteiger partial charge in [-0.15, -0.1) is 0 Å². The number of furan rings is 1. The van der Waals surface area contributed by atoms with E-state index in [0.29, 0.717) is 5.76 Å². The second kappa shape index (κ2) is 7.67. The highest BCUT2D eigenvalue weighted by Gasteiger charge is 2.09. The second-order valence-corrected chi connectivity index (χ2v) is 5.37. The van der Waals surface area contributed by atoms with Crippen molar-refractivity contribution in [2.45, 2.75) is 46.0 Å². The lowest BCUT2D eigenvalue weighted by molar-refractivity contribution is 0.0995. The van der Waals surface area contributed by atoms with Gasteiger partial charge >= 0.3 is 0 Å². The van der Waals surface area contributed by atoms with Crippen LogP contribution >= 0.6 is 0 Å². The SMILES string of the molecule is CCCCCCc1ccc(NC(=O)c2ccc(C)o2)cc1. The number of amides is 1. The molecule has 0 fully saturated rings. The van der Waals surface area contributed by atoms with E-state index >= 15 is 0 Å². The van der Waals surface area contributed by atoms with E-state index in [1.54, 1.807) is 12.1 Å². The molecule has 21 heavy (non-hydrogen) atoms. The Morgan fingerprint density at radius 2 is 1.81 bits per heavy atom. The Labute approximate surface area is 126 Å². The third-order valence-electron chi connectivity index (χ3n) is 3.49. The molecule has 1 aromatic heterocycles. The van der Waals surface area contributed by atoms with E-state index < -0.39 is 0 Å². The Hall–Kier alpha value is -2.03. The normalized spacial score (nSPS) is 10.6. The van der Waals surface area contributed by atoms with Crippen molar-refractivity contribution in [2.75, 3.05) is 5.32 Å². The molecule has 112 valence electrons. The summed E-state index contributed by atoms with van der Waals surface area (Å²) in [7, 11) is 0. The summed E-state index contributed by atoms with van der Waals surface area (Å²) in [5.41, 5.74) is 2.12. The maximum atomic E-state index is 12.0. The zero-order chi connectivity index (χ0) is 15.1. The number of nitrogens with one attached hydrogen (secondary N) is 1. The van der Waals surface area contributed by atoms with Crippen molar-refractivity contribution in [1.29, 1.82) is 0 Å². The summed E-state index contributed by atoms with van der Waals surface area (Å²) >= 11 is 0. The van der Waals surface area contributed by atoms with Gasteiger partial charge in [0.15, 0.2) is 5.76 Å². The van der Waals surface area contributed by atoms with Gasteiger partial charge in [0.2, 0.25) is 0 Å². The molecule has 1 N–H and O–H groups in total. The molecule has 1 heterocycles. The van der Waals surface area contributed by atoms with Gasteiger partial charge in [-0.3, -0.25) is 4.79 Å². The summed E-state index contributed by atoms with van der Waals surface area (Å²) in [6.07, 6.45) is 6.18. The van der Waals surface area contributed by atoms with Gasteiger partial charge < -0.3 is 9.73 Å². The van der Waals surface area contributed by atoms with Crippen molar-refractivity contribution in [3.8, 4) is 0 Å². The highest BCUT2D eigenvalue weighted by Crippen LogP contribution is 2.15. The molecule has 0 bridgehead atoms. The number of unbranched alkanes of at least 4 members (excludes halogenated alkanes) is 3. The third-order valence-corrected chi connectivity index (χ3v) is 3.49. The fourth-order valence-corrected chi connectivity index (χ4v) is 2.26. The molecule has 1 amide bonds. The van der Waals surface area contributed by atoms with Crippen molar-refractivity contribution in [2.24, 2.45) is 0 Å². The number of rotatable bonds is 7. The van der Waals surface area contributed by atoms with E-state index in [-0.39, 0.29) is 5.91 Å². The van der Waals surface area contributed by atoms with Gasteiger partial charge in [0.05, 0.1) is 0 Å². The van der Waals surface area contributed by atoms with Crippen LogP contribution in [0.5, 0.6) is 0 Å². The van der Waals surface area contributed by atoms with Crippen LogP contribution in [0, 0.1) is 6.92 Å². The molecule has 0 saturated carbocycles. The van der Waals surface area contributed by atoms with Crippen LogP contribution in [-0.4, -0.2) is 5.91 Å². The third kappa shape index (κ3) is 4.78. The predicted molar refractivity (Wildman–Crippen MR) is 85.7 cm³/mol. The molecule has 0 spiro atoms. The lowest BCUT2D eigenvalue weighted by Crippen LogP contribution is -2.10. The van der Waals surface area contributed by atoms with Crippen LogP contribution in [0.3, 0.4) is 0 Å². The lowest BCUT2D eigenvalue weighted by Gasteiger charge is -2.05. The summed E-state index contributed by atoms with van der Waals surface area (Å²) in [6.45, 7) is 4.04. The molecule has 0 aliphatic heterocycles. The summed E-state index contributed by atoms with van der Waals surface area (Å²) in [6, 6.07) is 11.5. The number of hydrogen-bond donors (Lipinski definition) is 1. The molecule has 0 radical (unpaired) electrons. The standard InChI is InChI=1S/C18H23NO2/c1-3-4-5-6-7-15-9-11-16(12-10-15)19-18(20)17-13-8-14(2)21-17/h8-13H,3-7H2,1-2H3,(H,19,20). The predicted octanol–water partition coefficient (Wildman–Crippen LogP) is 4.96. The van der Waals surface area contributed by atoms with Gasteiger partial charge in [-0.2, -0.15) is 0 Å². The van der Waals surface area contributed by atoms with Crippen LogP contribution in [0.15, 0.2) is 40.8 Å². The van der Waals surface area contributed by atoms with Gasteiger partial charge in [-0.1, -0.05) is 38.3 Å². The van der Waals surface area contributed by atoms with Crippen LogP contribution in [0.25, 0.3) is 0 Å².